The Morgan fingerprint density at radius 2 is 1.73 bits per heavy atom. The molecule has 1 heterocycles. The number of ether oxygens (including phenoxy) is 1. The highest BCUT2D eigenvalue weighted by atomic mass is 35.5. The Kier molecular flexibility index (Phi) is 8.19. The fourth-order valence-electron chi connectivity index (χ4n) is 4.42. The lowest BCUT2D eigenvalue weighted by molar-refractivity contribution is -0.139. The molecule has 1 aliphatic rings. The molecule has 3 aromatic carbocycles. The number of carbonyl (C=O) groups is 2. The molecule has 1 unspecified atom stereocenters. The number of halogens is 1. The number of likely N-dealkylation sites (tertiary alicyclic amines) is 1. The van der Waals surface area contributed by atoms with E-state index in [1.54, 1.807) is 41.3 Å². The van der Waals surface area contributed by atoms with Crippen molar-refractivity contribution >= 4 is 34.7 Å². The van der Waals surface area contributed by atoms with Gasteiger partial charge in [0.05, 0.1) is 18.2 Å². The number of hydrogen-bond donors (Lipinski definition) is 1. The van der Waals surface area contributed by atoms with E-state index in [1.165, 1.54) is 0 Å². The molecule has 1 saturated heterocycles. The largest absolute Gasteiger partial charge is 0.507 e. The van der Waals surface area contributed by atoms with E-state index in [9.17, 15) is 14.7 Å². The molecule has 1 N–H and O–H groups in total. The van der Waals surface area contributed by atoms with Gasteiger partial charge in [-0.25, -0.2) is 0 Å². The predicted molar refractivity (Wildman–Crippen MR) is 147 cm³/mol. The van der Waals surface area contributed by atoms with Gasteiger partial charge in [-0.2, -0.15) is 0 Å². The zero-order chi connectivity index (χ0) is 26.5. The number of aliphatic hydroxyl groups is 1. The summed E-state index contributed by atoms with van der Waals surface area (Å²) in [6, 6.07) is 21.3. The molecule has 1 amide bonds. The van der Waals surface area contributed by atoms with Crippen molar-refractivity contribution in [2.45, 2.75) is 25.8 Å². The summed E-state index contributed by atoms with van der Waals surface area (Å²) in [6.07, 6.45) is 1.38. The Hall–Kier alpha value is -3.77. The van der Waals surface area contributed by atoms with Gasteiger partial charge >= 0.3 is 0 Å². The third-order valence-electron chi connectivity index (χ3n) is 6.40. The third kappa shape index (κ3) is 5.81. The fraction of sp³-hybridized carbons (Fsp3) is 0.267. The summed E-state index contributed by atoms with van der Waals surface area (Å²) in [7, 11) is 3.89. The van der Waals surface area contributed by atoms with Gasteiger partial charge in [-0.3, -0.25) is 9.59 Å². The molecule has 1 aliphatic heterocycles. The smallest absolute Gasteiger partial charge is 0.295 e. The second-order valence-corrected chi connectivity index (χ2v) is 9.67. The molecule has 0 saturated carbocycles. The van der Waals surface area contributed by atoms with Crippen molar-refractivity contribution in [3.63, 3.8) is 0 Å². The van der Waals surface area contributed by atoms with E-state index in [1.807, 2.05) is 62.3 Å². The van der Waals surface area contributed by atoms with Gasteiger partial charge < -0.3 is 19.6 Å². The molecular formula is C30H31ClN2O4. The van der Waals surface area contributed by atoms with Crippen LogP contribution >= 0.6 is 11.6 Å². The average Bonchev–Trinajstić information content (AvgIpc) is 3.16. The van der Waals surface area contributed by atoms with Crippen LogP contribution in [0.25, 0.3) is 5.76 Å². The SMILES string of the molecule is CCCOc1cccc(/C(O)=C2/C(=O)C(=O)N(CCc3ccc(Cl)cc3)C2c2ccc(N(C)C)cc2)c1. The molecule has 0 radical (unpaired) electrons. The van der Waals surface area contributed by atoms with Crippen LogP contribution in [0.2, 0.25) is 5.02 Å². The molecule has 1 fully saturated rings. The van der Waals surface area contributed by atoms with E-state index in [0.29, 0.717) is 35.9 Å². The maximum Gasteiger partial charge on any atom is 0.295 e. The number of benzene rings is 3. The monoisotopic (exact) mass is 518 g/mol. The molecule has 0 bridgehead atoms. The number of carbonyl (C=O) groups excluding carboxylic acids is 2. The lowest BCUT2D eigenvalue weighted by Crippen LogP contribution is -2.31. The molecule has 192 valence electrons. The minimum Gasteiger partial charge on any atom is -0.507 e. The normalized spacial score (nSPS) is 16.8. The van der Waals surface area contributed by atoms with Gasteiger partial charge in [-0.05, 0) is 60.4 Å². The number of nitrogens with zero attached hydrogens (tertiary/aromatic N) is 2. The maximum absolute atomic E-state index is 13.3. The molecular weight excluding hydrogens is 488 g/mol. The second-order valence-electron chi connectivity index (χ2n) is 9.23. The lowest BCUT2D eigenvalue weighted by Gasteiger charge is -2.26. The van der Waals surface area contributed by atoms with E-state index in [2.05, 4.69) is 0 Å². The van der Waals surface area contributed by atoms with Crippen LogP contribution in [0.1, 0.15) is 36.1 Å². The topological polar surface area (TPSA) is 70.1 Å². The van der Waals surface area contributed by atoms with Crippen LogP contribution in [0.3, 0.4) is 0 Å². The highest BCUT2D eigenvalue weighted by Crippen LogP contribution is 2.40. The number of ketones is 1. The zero-order valence-corrected chi connectivity index (χ0v) is 22.0. The van der Waals surface area contributed by atoms with E-state index in [-0.39, 0.29) is 11.3 Å². The van der Waals surface area contributed by atoms with Gasteiger partial charge in [-0.15, -0.1) is 0 Å². The van der Waals surface area contributed by atoms with E-state index < -0.39 is 17.7 Å². The van der Waals surface area contributed by atoms with Crippen LogP contribution in [0.4, 0.5) is 5.69 Å². The maximum atomic E-state index is 13.3. The standard InChI is InChI=1S/C30H31ClN2O4/c1-4-18-37-25-7-5-6-22(19-25)28(34)26-27(21-10-14-24(15-11-21)32(2)3)33(30(36)29(26)35)17-16-20-8-12-23(31)13-9-20/h5-15,19,27,34H,4,16-18H2,1-3H3/b28-26-. The number of amides is 1. The van der Waals surface area contributed by atoms with Gasteiger partial charge in [0.25, 0.3) is 11.7 Å². The molecule has 0 spiro atoms. The van der Waals surface area contributed by atoms with Gasteiger partial charge in [0.2, 0.25) is 0 Å². The van der Waals surface area contributed by atoms with E-state index in [4.69, 9.17) is 16.3 Å². The summed E-state index contributed by atoms with van der Waals surface area (Å²) in [5, 5.41) is 12.0. The van der Waals surface area contributed by atoms with Crippen LogP contribution in [0.15, 0.2) is 78.4 Å². The number of aliphatic hydroxyl groups excluding tert-OH is 1. The van der Waals surface area contributed by atoms with Gasteiger partial charge in [0.1, 0.15) is 11.5 Å². The lowest BCUT2D eigenvalue weighted by atomic mass is 9.95. The Labute approximate surface area is 222 Å². The van der Waals surface area contributed by atoms with Crippen molar-refractivity contribution in [3.05, 3.63) is 100 Å². The second kappa shape index (κ2) is 11.5. The van der Waals surface area contributed by atoms with E-state index >= 15 is 0 Å². The number of anilines is 1. The quantitative estimate of drug-likeness (QED) is 0.218. The summed E-state index contributed by atoms with van der Waals surface area (Å²) >= 11 is 6.02. The summed E-state index contributed by atoms with van der Waals surface area (Å²) in [4.78, 5) is 30.1. The first-order valence-corrected chi connectivity index (χ1v) is 12.7. The zero-order valence-electron chi connectivity index (χ0n) is 21.3. The Morgan fingerprint density at radius 1 is 1.03 bits per heavy atom. The van der Waals surface area contributed by atoms with Crippen LogP contribution in [-0.4, -0.2) is 48.9 Å². The minimum atomic E-state index is -0.719. The van der Waals surface area contributed by atoms with E-state index in [0.717, 1.165) is 23.2 Å². The molecule has 4 rings (SSSR count). The first-order valence-electron chi connectivity index (χ1n) is 12.3. The molecule has 3 aromatic rings. The fourth-order valence-corrected chi connectivity index (χ4v) is 4.55. The molecule has 6 nitrogen and oxygen atoms in total. The van der Waals surface area contributed by atoms with Crippen LogP contribution in [0, 0.1) is 0 Å². The number of hydrogen-bond acceptors (Lipinski definition) is 5. The molecule has 0 aliphatic carbocycles. The first kappa shape index (κ1) is 26.3. The highest BCUT2D eigenvalue weighted by Gasteiger charge is 2.45. The molecule has 37 heavy (non-hydrogen) atoms. The van der Waals surface area contributed by atoms with Gasteiger partial charge in [0, 0.05) is 36.9 Å². The van der Waals surface area contributed by atoms with Crippen LogP contribution in [-0.2, 0) is 16.0 Å². The molecule has 0 aromatic heterocycles. The van der Waals surface area contributed by atoms with Crippen molar-refractivity contribution in [3.8, 4) is 5.75 Å². The van der Waals surface area contributed by atoms with Crippen molar-refractivity contribution in [1.82, 2.24) is 4.90 Å². The summed E-state index contributed by atoms with van der Waals surface area (Å²) in [5.74, 6) is -0.948. The molecule has 1 atom stereocenters. The Bertz CT molecular complexity index is 1300. The minimum absolute atomic E-state index is 0.0753. The number of Topliss-reactive ketones (excluding diaryl/α,β-unsaturated/α-hetero) is 1. The van der Waals surface area contributed by atoms with Gasteiger partial charge in [0.15, 0.2) is 0 Å². The average molecular weight is 519 g/mol. The first-order chi connectivity index (χ1) is 17.8. The number of rotatable bonds is 9. The Balaban J connectivity index is 1.75. The third-order valence-corrected chi connectivity index (χ3v) is 6.65. The summed E-state index contributed by atoms with van der Waals surface area (Å²) in [6.45, 7) is 2.86. The van der Waals surface area contributed by atoms with Crippen LogP contribution < -0.4 is 9.64 Å². The van der Waals surface area contributed by atoms with Crippen molar-refractivity contribution in [1.29, 1.82) is 0 Å². The summed E-state index contributed by atoms with van der Waals surface area (Å²) < 4.78 is 5.71. The van der Waals surface area contributed by atoms with Crippen molar-refractivity contribution < 1.29 is 19.4 Å². The predicted octanol–water partition coefficient (Wildman–Crippen LogP) is 5.86. The summed E-state index contributed by atoms with van der Waals surface area (Å²) in [5.41, 5.74) is 3.24. The van der Waals surface area contributed by atoms with Gasteiger partial charge in [-0.1, -0.05) is 54.9 Å². The molecule has 7 heteroatoms. The highest BCUT2D eigenvalue weighted by molar-refractivity contribution is 6.46. The van der Waals surface area contributed by atoms with Crippen molar-refractivity contribution in [2.75, 3.05) is 32.1 Å². The van der Waals surface area contributed by atoms with Crippen LogP contribution in [0.5, 0.6) is 5.75 Å². The van der Waals surface area contributed by atoms with Crippen molar-refractivity contribution in [2.24, 2.45) is 0 Å². The Morgan fingerprint density at radius 3 is 2.38 bits per heavy atom.